The minimum Gasteiger partial charge on any atom is -0.320 e. The number of imide groups is 1. The lowest BCUT2D eigenvalue weighted by Gasteiger charge is -2.06. The summed E-state index contributed by atoms with van der Waals surface area (Å²) >= 11 is 0. The van der Waals surface area contributed by atoms with Gasteiger partial charge in [-0.15, -0.1) is 0 Å². The molecule has 0 aliphatic rings. The molecular formula is C15H30N2O2. The first-order chi connectivity index (χ1) is 9.07. The Hall–Kier alpha value is -0.900. The van der Waals surface area contributed by atoms with Crippen LogP contribution in [0.3, 0.4) is 0 Å². The van der Waals surface area contributed by atoms with E-state index in [0.29, 0.717) is 6.42 Å². The van der Waals surface area contributed by atoms with Crippen molar-refractivity contribution in [1.82, 2.24) is 5.32 Å². The van der Waals surface area contributed by atoms with E-state index in [1.54, 1.807) is 6.92 Å². The summed E-state index contributed by atoms with van der Waals surface area (Å²) in [5.74, 6) is -0.592. The van der Waals surface area contributed by atoms with Crippen LogP contribution in [0.2, 0.25) is 0 Å². The fraction of sp³-hybridized carbons (Fsp3) is 0.867. The van der Waals surface area contributed by atoms with E-state index in [9.17, 15) is 9.59 Å². The van der Waals surface area contributed by atoms with Crippen molar-refractivity contribution in [2.24, 2.45) is 5.73 Å². The second-order valence-corrected chi connectivity index (χ2v) is 5.28. The molecule has 0 rings (SSSR count). The summed E-state index contributed by atoms with van der Waals surface area (Å²) in [4.78, 5) is 22.5. The van der Waals surface area contributed by atoms with Gasteiger partial charge in [0.2, 0.25) is 11.8 Å². The average molecular weight is 270 g/mol. The third kappa shape index (κ3) is 11.9. The van der Waals surface area contributed by atoms with Crippen LogP contribution in [0, 0.1) is 0 Å². The van der Waals surface area contributed by atoms with Crippen LogP contribution in [-0.4, -0.2) is 17.9 Å². The van der Waals surface area contributed by atoms with Crippen molar-refractivity contribution in [3.05, 3.63) is 0 Å². The summed E-state index contributed by atoms with van der Waals surface area (Å²) in [7, 11) is 0. The van der Waals surface area contributed by atoms with Gasteiger partial charge in [0.1, 0.15) is 0 Å². The van der Waals surface area contributed by atoms with Crippen LogP contribution in [0.1, 0.15) is 78.1 Å². The molecule has 0 radical (unpaired) electrons. The normalized spacial score (nSPS) is 12.2. The smallest absolute Gasteiger partial charge is 0.243 e. The van der Waals surface area contributed by atoms with Crippen LogP contribution in [0.5, 0.6) is 0 Å². The number of unbranched alkanes of at least 4 members (excludes halogenated alkanes) is 8. The highest BCUT2D eigenvalue weighted by Crippen LogP contribution is 2.10. The van der Waals surface area contributed by atoms with Gasteiger partial charge < -0.3 is 5.73 Å². The Morgan fingerprint density at radius 3 is 1.89 bits per heavy atom. The van der Waals surface area contributed by atoms with E-state index in [-0.39, 0.29) is 11.8 Å². The van der Waals surface area contributed by atoms with Gasteiger partial charge in [0.15, 0.2) is 0 Å². The Morgan fingerprint density at radius 2 is 1.42 bits per heavy atom. The van der Waals surface area contributed by atoms with Crippen molar-refractivity contribution in [2.45, 2.75) is 84.1 Å². The van der Waals surface area contributed by atoms with E-state index in [0.717, 1.165) is 12.8 Å². The quantitative estimate of drug-likeness (QED) is 0.567. The summed E-state index contributed by atoms with van der Waals surface area (Å²) in [5, 5.41) is 2.30. The molecule has 0 fully saturated rings. The van der Waals surface area contributed by atoms with Gasteiger partial charge in [-0.1, -0.05) is 58.3 Å². The van der Waals surface area contributed by atoms with Crippen LogP contribution < -0.4 is 11.1 Å². The van der Waals surface area contributed by atoms with Gasteiger partial charge in [-0.05, 0) is 13.3 Å². The minimum absolute atomic E-state index is 0.203. The first-order valence-electron chi connectivity index (χ1n) is 7.67. The highest BCUT2D eigenvalue weighted by atomic mass is 16.2. The van der Waals surface area contributed by atoms with Crippen molar-refractivity contribution < 1.29 is 9.59 Å². The van der Waals surface area contributed by atoms with Crippen LogP contribution in [0.4, 0.5) is 0 Å². The summed E-state index contributed by atoms with van der Waals surface area (Å²) in [6.45, 7) is 3.79. The molecule has 4 nitrogen and oxygen atoms in total. The highest BCUT2D eigenvalue weighted by molar-refractivity contribution is 5.97. The third-order valence-electron chi connectivity index (χ3n) is 3.18. The molecule has 0 aliphatic carbocycles. The fourth-order valence-corrected chi connectivity index (χ4v) is 1.91. The molecule has 0 spiro atoms. The number of hydrogen-bond donors (Lipinski definition) is 2. The maximum Gasteiger partial charge on any atom is 0.243 e. The van der Waals surface area contributed by atoms with Crippen molar-refractivity contribution in [3.63, 3.8) is 0 Å². The summed E-state index contributed by atoms with van der Waals surface area (Å²) in [6, 6.07) is -0.618. The van der Waals surface area contributed by atoms with Gasteiger partial charge in [-0.25, -0.2) is 0 Å². The standard InChI is InChI=1S/C15H30N2O2/c1-3-4-5-6-7-8-9-10-11-12-14(18)17-15(19)13(2)16/h13H,3-12,16H2,1-2H3,(H,17,18,19)/t13-/m0/s1. The number of nitrogens with one attached hydrogen (secondary N) is 1. The molecule has 1 atom stereocenters. The molecule has 0 bridgehead atoms. The average Bonchev–Trinajstić information content (AvgIpc) is 2.36. The molecule has 3 N–H and O–H groups in total. The molecule has 4 heteroatoms. The van der Waals surface area contributed by atoms with Crippen LogP contribution >= 0.6 is 0 Å². The monoisotopic (exact) mass is 270 g/mol. The van der Waals surface area contributed by atoms with E-state index < -0.39 is 6.04 Å². The molecule has 2 amide bonds. The van der Waals surface area contributed by atoms with Gasteiger partial charge in [0.05, 0.1) is 6.04 Å². The van der Waals surface area contributed by atoms with Gasteiger partial charge in [-0.3, -0.25) is 14.9 Å². The first-order valence-corrected chi connectivity index (χ1v) is 7.67. The zero-order valence-corrected chi connectivity index (χ0v) is 12.5. The molecule has 19 heavy (non-hydrogen) atoms. The minimum atomic E-state index is -0.618. The number of hydrogen-bond acceptors (Lipinski definition) is 3. The number of amides is 2. The molecule has 0 aliphatic heterocycles. The van der Waals surface area contributed by atoms with E-state index in [1.807, 2.05) is 0 Å². The fourth-order valence-electron chi connectivity index (χ4n) is 1.91. The second-order valence-electron chi connectivity index (χ2n) is 5.28. The Morgan fingerprint density at radius 1 is 0.947 bits per heavy atom. The van der Waals surface area contributed by atoms with Crippen molar-refractivity contribution in [3.8, 4) is 0 Å². The van der Waals surface area contributed by atoms with E-state index in [4.69, 9.17) is 5.73 Å². The Balaban J connectivity index is 3.30. The number of rotatable bonds is 11. The topological polar surface area (TPSA) is 72.2 Å². The van der Waals surface area contributed by atoms with Crippen LogP contribution in [-0.2, 0) is 9.59 Å². The van der Waals surface area contributed by atoms with Crippen LogP contribution in [0.15, 0.2) is 0 Å². The lowest BCUT2D eigenvalue weighted by atomic mass is 10.1. The Labute approximate surface area is 117 Å². The molecule has 0 heterocycles. The van der Waals surface area contributed by atoms with Crippen molar-refractivity contribution >= 4 is 11.8 Å². The summed E-state index contributed by atoms with van der Waals surface area (Å²) < 4.78 is 0. The lowest BCUT2D eigenvalue weighted by Crippen LogP contribution is -2.41. The Kier molecular flexibility index (Phi) is 11.6. The highest BCUT2D eigenvalue weighted by Gasteiger charge is 2.10. The predicted octanol–water partition coefficient (Wildman–Crippen LogP) is 2.90. The molecule has 0 unspecified atom stereocenters. The maximum atomic E-state index is 11.4. The summed E-state index contributed by atoms with van der Waals surface area (Å²) in [6.07, 6.45) is 11.4. The number of nitrogens with two attached hydrogens (primary N) is 1. The molecular weight excluding hydrogens is 240 g/mol. The zero-order valence-electron chi connectivity index (χ0n) is 12.5. The Bertz CT molecular complexity index is 253. The van der Waals surface area contributed by atoms with Gasteiger partial charge in [0.25, 0.3) is 0 Å². The molecule has 112 valence electrons. The molecule has 0 aromatic carbocycles. The number of carbonyl (C=O) groups excluding carboxylic acids is 2. The summed E-state index contributed by atoms with van der Waals surface area (Å²) in [5.41, 5.74) is 5.36. The molecule has 0 saturated heterocycles. The van der Waals surface area contributed by atoms with E-state index in [1.165, 1.54) is 44.9 Å². The predicted molar refractivity (Wildman–Crippen MR) is 78.6 cm³/mol. The van der Waals surface area contributed by atoms with Crippen LogP contribution in [0.25, 0.3) is 0 Å². The third-order valence-corrected chi connectivity index (χ3v) is 3.18. The second kappa shape index (κ2) is 12.2. The van der Waals surface area contributed by atoms with E-state index >= 15 is 0 Å². The number of carbonyl (C=O) groups is 2. The molecule has 0 aromatic rings. The largest absolute Gasteiger partial charge is 0.320 e. The first kappa shape index (κ1) is 18.1. The molecule has 0 aromatic heterocycles. The van der Waals surface area contributed by atoms with E-state index in [2.05, 4.69) is 12.2 Å². The van der Waals surface area contributed by atoms with Crippen molar-refractivity contribution in [1.29, 1.82) is 0 Å². The van der Waals surface area contributed by atoms with Crippen molar-refractivity contribution in [2.75, 3.05) is 0 Å². The van der Waals surface area contributed by atoms with Gasteiger partial charge in [0, 0.05) is 6.42 Å². The maximum absolute atomic E-state index is 11.4. The lowest BCUT2D eigenvalue weighted by molar-refractivity contribution is -0.131. The van der Waals surface area contributed by atoms with Gasteiger partial charge in [-0.2, -0.15) is 0 Å². The molecule has 0 saturated carbocycles. The van der Waals surface area contributed by atoms with Gasteiger partial charge >= 0.3 is 0 Å². The SMILES string of the molecule is CCCCCCCCCCCC(=O)NC(=O)[C@H](C)N. The zero-order chi connectivity index (χ0) is 14.5.